The minimum Gasteiger partial charge on any atom is -0.474 e. The monoisotopic (exact) mass is 465 g/mol. The first kappa shape index (κ1) is 23.2. The minimum absolute atomic E-state index is 0.0366. The Morgan fingerprint density at radius 3 is 2.52 bits per heavy atom. The number of halogens is 3. The van der Waals surface area contributed by atoms with Crippen LogP contribution in [0.1, 0.15) is 32.2 Å². The molecule has 2 aliphatic rings. The molecule has 4 rings (SSSR count). The van der Waals surface area contributed by atoms with E-state index in [1.807, 2.05) is 6.92 Å². The van der Waals surface area contributed by atoms with Gasteiger partial charge in [-0.25, -0.2) is 4.98 Å². The number of terminal acetylenes is 1. The van der Waals surface area contributed by atoms with Crippen LogP contribution < -0.4 is 9.47 Å². The molecule has 2 saturated heterocycles. The third-order valence-corrected chi connectivity index (χ3v) is 5.16. The number of hydrogen-bond donors (Lipinski definition) is 0. The van der Waals surface area contributed by atoms with Gasteiger partial charge in [-0.1, -0.05) is 6.07 Å². The highest BCUT2D eigenvalue weighted by atomic mass is 19.4. The van der Waals surface area contributed by atoms with Crippen LogP contribution >= 0.6 is 0 Å². The van der Waals surface area contributed by atoms with Gasteiger partial charge in [-0.05, 0) is 38.8 Å². The maximum atomic E-state index is 13.1. The van der Waals surface area contributed by atoms with Gasteiger partial charge in [0.1, 0.15) is 36.3 Å². The molecule has 0 saturated carbocycles. The number of pyridine rings is 1. The Morgan fingerprint density at radius 1 is 1.09 bits per heavy atom. The molecule has 5 atom stereocenters. The van der Waals surface area contributed by atoms with Crippen LogP contribution in [-0.4, -0.2) is 58.1 Å². The van der Waals surface area contributed by atoms with E-state index in [4.69, 9.17) is 30.1 Å². The molecule has 0 bridgehead atoms. The van der Waals surface area contributed by atoms with Crippen molar-refractivity contribution in [2.45, 2.75) is 63.3 Å². The summed E-state index contributed by atoms with van der Waals surface area (Å²) in [4.78, 5) is 3.60. The van der Waals surface area contributed by atoms with Gasteiger partial charge in [0.2, 0.25) is 11.8 Å². The molecule has 4 heterocycles. The van der Waals surface area contributed by atoms with Gasteiger partial charge >= 0.3 is 6.18 Å². The summed E-state index contributed by atoms with van der Waals surface area (Å²) in [5.41, 5.74) is -0.717. The van der Waals surface area contributed by atoms with Crippen molar-refractivity contribution in [1.29, 1.82) is 0 Å². The van der Waals surface area contributed by atoms with E-state index in [1.54, 1.807) is 26.0 Å². The summed E-state index contributed by atoms with van der Waals surface area (Å²) in [5.74, 6) is 1.41. The second kappa shape index (κ2) is 8.78. The lowest BCUT2D eigenvalue weighted by molar-refractivity contribution is -0.182. The van der Waals surface area contributed by atoms with E-state index in [9.17, 15) is 13.2 Å². The van der Waals surface area contributed by atoms with Crippen LogP contribution in [0.15, 0.2) is 30.3 Å². The van der Waals surface area contributed by atoms with E-state index < -0.39 is 48.2 Å². The summed E-state index contributed by atoms with van der Waals surface area (Å²) in [7, 11) is 0. The molecule has 2 aromatic heterocycles. The lowest BCUT2D eigenvalue weighted by Gasteiger charge is -2.40. The Morgan fingerprint density at radius 2 is 1.85 bits per heavy atom. The van der Waals surface area contributed by atoms with E-state index in [0.29, 0.717) is 5.69 Å². The second-order valence-corrected chi connectivity index (χ2v) is 8.10. The van der Waals surface area contributed by atoms with E-state index in [1.165, 1.54) is 12.1 Å². The minimum atomic E-state index is -4.61. The largest absolute Gasteiger partial charge is 0.474 e. The maximum absolute atomic E-state index is 13.1. The van der Waals surface area contributed by atoms with Gasteiger partial charge in [-0.15, -0.1) is 16.6 Å². The van der Waals surface area contributed by atoms with Crippen LogP contribution in [-0.2, 0) is 20.4 Å². The van der Waals surface area contributed by atoms with Gasteiger partial charge in [0.15, 0.2) is 11.9 Å². The highest BCUT2D eigenvalue weighted by Gasteiger charge is 2.55. The Hall–Kier alpha value is -2.94. The number of hydrogen-bond acceptors (Lipinski definition) is 8. The van der Waals surface area contributed by atoms with E-state index >= 15 is 0 Å². The molecule has 0 radical (unpaired) electrons. The topological polar surface area (TPSA) is 84.8 Å². The van der Waals surface area contributed by atoms with Crippen molar-refractivity contribution in [1.82, 2.24) is 15.2 Å². The van der Waals surface area contributed by atoms with Crippen molar-refractivity contribution in [3.63, 3.8) is 0 Å². The molecular formula is C22H22F3N3O5. The van der Waals surface area contributed by atoms with Crippen molar-refractivity contribution in [3.05, 3.63) is 41.7 Å². The first-order valence-electron chi connectivity index (χ1n) is 10.2. The van der Waals surface area contributed by atoms with E-state index in [2.05, 4.69) is 21.1 Å². The molecule has 0 amide bonds. The zero-order valence-electron chi connectivity index (χ0n) is 18.1. The summed E-state index contributed by atoms with van der Waals surface area (Å²) in [5, 5.41) is 7.71. The quantitative estimate of drug-likeness (QED) is 0.624. The van der Waals surface area contributed by atoms with Crippen molar-refractivity contribution < 1.29 is 36.9 Å². The molecule has 0 aromatic carbocycles. The van der Waals surface area contributed by atoms with Gasteiger partial charge in [-0.3, -0.25) is 0 Å². The molecule has 11 heteroatoms. The van der Waals surface area contributed by atoms with Gasteiger partial charge in [0.25, 0.3) is 0 Å². The Kier molecular flexibility index (Phi) is 6.18. The normalized spacial score (nSPS) is 28.6. The predicted molar refractivity (Wildman–Crippen MR) is 107 cm³/mol. The average Bonchev–Trinajstić information content (AvgIpc) is 3.10. The zero-order valence-corrected chi connectivity index (χ0v) is 18.1. The third kappa shape index (κ3) is 5.19. The molecule has 2 aliphatic heterocycles. The Labute approximate surface area is 188 Å². The highest BCUT2D eigenvalue weighted by molar-refractivity contribution is 5.24. The number of fused-ring (bicyclic) bond motifs is 1. The van der Waals surface area contributed by atoms with Crippen molar-refractivity contribution in [2.75, 3.05) is 6.61 Å². The van der Waals surface area contributed by atoms with Gasteiger partial charge < -0.3 is 23.7 Å². The van der Waals surface area contributed by atoms with Crippen LogP contribution in [0, 0.1) is 12.3 Å². The summed E-state index contributed by atoms with van der Waals surface area (Å²) < 4.78 is 69.0. The fraction of sp³-hybridized carbons (Fsp3) is 0.500. The van der Waals surface area contributed by atoms with Crippen molar-refractivity contribution in [2.24, 2.45) is 0 Å². The molecule has 0 unspecified atom stereocenters. The van der Waals surface area contributed by atoms with Crippen LogP contribution in [0.3, 0.4) is 0 Å². The van der Waals surface area contributed by atoms with Crippen molar-refractivity contribution >= 4 is 0 Å². The zero-order chi connectivity index (χ0) is 23.8. The number of nitrogens with zero attached hydrogens (tertiary/aromatic N) is 3. The summed E-state index contributed by atoms with van der Waals surface area (Å²) in [6.45, 7) is 5.26. The second-order valence-electron chi connectivity index (χ2n) is 8.10. The van der Waals surface area contributed by atoms with E-state index in [-0.39, 0.29) is 18.4 Å². The first-order chi connectivity index (χ1) is 15.6. The summed E-state index contributed by atoms with van der Waals surface area (Å²) in [6.07, 6.45) is -2.47. The SMILES string of the molecule is C#Cc1ccc(OC[C@H]2O[C@H](C)[C@@H]3OC(C)(C)O[C@@H]3[C@H]2Oc2cccc(C(F)(F)F)n2)nn1. The number of rotatable bonds is 5. The highest BCUT2D eigenvalue weighted by Crippen LogP contribution is 2.39. The average molecular weight is 465 g/mol. The molecule has 2 aromatic rings. The van der Waals surface area contributed by atoms with Crippen LogP contribution in [0.4, 0.5) is 13.2 Å². The van der Waals surface area contributed by atoms with Gasteiger partial charge in [0, 0.05) is 12.1 Å². The number of aromatic nitrogens is 3. The molecular weight excluding hydrogens is 443 g/mol. The molecule has 2 fully saturated rings. The predicted octanol–water partition coefficient (Wildman–Crippen LogP) is 3.01. The molecule has 176 valence electrons. The number of ether oxygens (including phenoxy) is 5. The molecule has 0 aliphatic carbocycles. The molecule has 0 spiro atoms. The summed E-state index contributed by atoms with van der Waals surface area (Å²) >= 11 is 0. The lowest BCUT2D eigenvalue weighted by atomic mass is 9.96. The Balaban J connectivity index is 1.57. The molecule has 0 N–H and O–H groups in total. The van der Waals surface area contributed by atoms with Crippen LogP contribution in [0.5, 0.6) is 11.8 Å². The van der Waals surface area contributed by atoms with Gasteiger partial charge in [0.05, 0.1) is 6.10 Å². The third-order valence-electron chi connectivity index (χ3n) is 5.16. The maximum Gasteiger partial charge on any atom is 0.433 e. The fourth-order valence-electron chi connectivity index (χ4n) is 3.77. The first-order valence-corrected chi connectivity index (χ1v) is 10.2. The summed E-state index contributed by atoms with van der Waals surface area (Å²) in [6, 6.07) is 6.55. The van der Waals surface area contributed by atoms with E-state index in [0.717, 1.165) is 6.07 Å². The number of alkyl halides is 3. The fourth-order valence-corrected chi connectivity index (χ4v) is 3.77. The smallest absolute Gasteiger partial charge is 0.433 e. The standard InChI is InChI=1S/C22H22F3N3O5/c1-5-13-9-10-17(28-27-13)29-11-14-19(20-18(12(2)30-14)32-21(3,4)33-20)31-16-8-6-7-15(26-16)22(23,24)25/h1,6-10,12,14,18-20H,11H2,2-4H3/t12-,14-,18+,19+,20+/m1/s1. The lowest BCUT2D eigenvalue weighted by Crippen LogP contribution is -2.59. The van der Waals surface area contributed by atoms with Crippen molar-refractivity contribution in [3.8, 4) is 24.1 Å². The molecule has 8 nitrogen and oxygen atoms in total. The Bertz CT molecular complexity index is 1030. The molecule has 33 heavy (non-hydrogen) atoms. The van der Waals surface area contributed by atoms with Crippen LogP contribution in [0.2, 0.25) is 0 Å². The van der Waals surface area contributed by atoms with Gasteiger partial charge in [-0.2, -0.15) is 13.2 Å². The van der Waals surface area contributed by atoms with Crippen LogP contribution in [0.25, 0.3) is 0 Å².